The van der Waals surface area contributed by atoms with Crippen LogP contribution in [0.25, 0.3) is 0 Å². The zero-order valence-electron chi connectivity index (χ0n) is 13.6. The molecule has 0 aromatic carbocycles. The molecule has 0 aliphatic heterocycles. The van der Waals surface area contributed by atoms with Gasteiger partial charge < -0.3 is 10.1 Å². The number of rotatable bonds is 7. The van der Waals surface area contributed by atoms with E-state index in [0.29, 0.717) is 5.92 Å². The minimum absolute atomic E-state index is 0.210. The molecule has 0 saturated carbocycles. The smallest absolute Gasteiger partial charge is 0.0847 e. The molecule has 20 heavy (non-hydrogen) atoms. The van der Waals surface area contributed by atoms with Crippen molar-refractivity contribution in [2.75, 3.05) is 26.8 Å². The van der Waals surface area contributed by atoms with Gasteiger partial charge in [-0.3, -0.25) is 4.68 Å². The third kappa shape index (κ3) is 4.76. The number of ether oxygens (including phenoxy) is 1. The number of nitrogens with one attached hydrogen (secondary N) is 1. The largest absolute Gasteiger partial charge is 0.383 e. The summed E-state index contributed by atoms with van der Waals surface area (Å²) in [6.07, 6.45) is 0.930. The van der Waals surface area contributed by atoms with Crippen LogP contribution in [0.1, 0.15) is 32.2 Å². The third-order valence-electron chi connectivity index (χ3n) is 3.80. The summed E-state index contributed by atoms with van der Waals surface area (Å²) >= 11 is 6.37. The standard InChI is InChI=1S/C15H28ClN3O/c1-11-14(16)13(19(5)18-11)9-12(15(2,3)4)10-17-7-8-20-6/h12,17H,7-10H2,1-6H3. The molecule has 5 heteroatoms. The average Bonchev–Trinajstić information content (AvgIpc) is 2.57. The maximum absolute atomic E-state index is 6.37. The molecule has 1 atom stereocenters. The zero-order valence-corrected chi connectivity index (χ0v) is 14.3. The summed E-state index contributed by atoms with van der Waals surface area (Å²) < 4.78 is 6.98. The first-order valence-electron chi connectivity index (χ1n) is 7.15. The molecule has 1 aromatic heterocycles. The van der Waals surface area contributed by atoms with Gasteiger partial charge in [0.05, 0.1) is 23.0 Å². The Bertz CT molecular complexity index is 423. The predicted molar refractivity (Wildman–Crippen MR) is 84.3 cm³/mol. The Morgan fingerprint density at radius 2 is 2.05 bits per heavy atom. The van der Waals surface area contributed by atoms with E-state index in [9.17, 15) is 0 Å². The van der Waals surface area contributed by atoms with E-state index in [4.69, 9.17) is 16.3 Å². The number of nitrogens with zero attached hydrogens (tertiary/aromatic N) is 2. The molecule has 0 saturated heterocycles. The Labute approximate surface area is 127 Å². The third-order valence-corrected chi connectivity index (χ3v) is 4.29. The minimum atomic E-state index is 0.210. The fraction of sp³-hybridized carbons (Fsp3) is 0.800. The van der Waals surface area contributed by atoms with Gasteiger partial charge in [0.15, 0.2) is 0 Å². The molecule has 1 rings (SSSR count). The summed E-state index contributed by atoms with van der Waals surface area (Å²) in [5, 5.41) is 8.67. The van der Waals surface area contributed by atoms with Crippen molar-refractivity contribution in [2.45, 2.75) is 34.1 Å². The number of halogens is 1. The zero-order chi connectivity index (χ0) is 15.3. The second-order valence-electron chi connectivity index (χ2n) is 6.43. The fourth-order valence-corrected chi connectivity index (χ4v) is 2.51. The molecule has 0 fully saturated rings. The first kappa shape index (κ1) is 17.5. The Hall–Kier alpha value is -0.580. The van der Waals surface area contributed by atoms with E-state index in [-0.39, 0.29) is 5.41 Å². The molecule has 0 bridgehead atoms. The van der Waals surface area contributed by atoms with Crippen LogP contribution in [0.2, 0.25) is 5.02 Å². The molecule has 1 heterocycles. The summed E-state index contributed by atoms with van der Waals surface area (Å²) in [4.78, 5) is 0. The van der Waals surface area contributed by atoms with E-state index in [1.807, 2.05) is 18.7 Å². The van der Waals surface area contributed by atoms with Crippen molar-refractivity contribution in [2.24, 2.45) is 18.4 Å². The van der Waals surface area contributed by atoms with Crippen LogP contribution in [0.4, 0.5) is 0 Å². The molecule has 0 amide bonds. The highest BCUT2D eigenvalue weighted by Gasteiger charge is 2.27. The van der Waals surface area contributed by atoms with Crippen LogP contribution in [-0.4, -0.2) is 36.6 Å². The van der Waals surface area contributed by atoms with E-state index in [0.717, 1.165) is 42.5 Å². The van der Waals surface area contributed by atoms with Crippen molar-refractivity contribution in [1.82, 2.24) is 15.1 Å². The normalized spacial score (nSPS) is 13.8. The monoisotopic (exact) mass is 301 g/mol. The lowest BCUT2D eigenvalue weighted by molar-refractivity contribution is 0.185. The molecule has 0 aliphatic rings. The number of methoxy groups -OCH3 is 1. The average molecular weight is 302 g/mol. The van der Waals surface area contributed by atoms with Crippen molar-refractivity contribution in [3.63, 3.8) is 0 Å². The van der Waals surface area contributed by atoms with Crippen LogP contribution < -0.4 is 5.32 Å². The molecule has 4 nitrogen and oxygen atoms in total. The summed E-state index contributed by atoms with van der Waals surface area (Å²) in [5.74, 6) is 0.492. The Balaban J connectivity index is 2.74. The van der Waals surface area contributed by atoms with Crippen molar-refractivity contribution in [3.8, 4) is 0 Å². The molecule has 116 valence electrons. The Morgan fingerprint density at radius 3 is 2.50 bits per heavy atom. The lowest BCUT2D eigenvalue weighted by atomic mass is 9.78. The number of aromatic nitrogens is 2. The second kappa shape index (κ2) is 7.43. The van der Waals surface area contributed by atoms with Crippen molar-refractivity contribution in [3.05, 3.63) is 16.4 Å². The van der Waals surface area contributed by atoms with Crippen LogP contribution in [0.5, 0.6) is 0 Å². The maximum Gasteiger partial charge on any atom is 0.0847 e. The number of hydrogen-bond acceptors (Lipinski definition) is 3. The number of aryl methyl sites for hydroxylation is 2. The van der Waals surface area contributed by atoms with Gasteiger partial charge in [-0.1, -0.05) is 32.4 Å². The van der Waals surface area contributed by atoms with E-state index in [2.05, 4.69) is 31.2 Å². The van der Waals surface area contributed by atoms with Gasteiger partial charge in [0, 0.05) is 20.7 Å². The summed E-state index contributed by atoms with van der Waals surface area (Å²) in [7, 11) is 3.69. The van der Waals surface area contributed by atoms with Gasteiger partial charge in [0.2, 0.25) is 0 Å². The molecule has 1 N–H and O–H groups in total. The molecule has 1 unspecified atom stereocenters. The predicted octanol–water partition coefficient (Wildman–Crippen LogP) is 2.82. The van der Waals surface area contributed by atoms with Gasteiger partial charge >= 0.3 is 0 Å². The number of hydrogen-bond donors (Lipinski definition) is 1. The van der Waals surface area contributed by atoms with Crippen molar-refractivity contribution < 1.29 is 4.74 Å². The lowest BCUT2D eigenvalue weighted by Gasteiger charge is -2.31. The van der Waals surface area contributed by atoms with Crippen molar-refractivity contribution >= 4 is 11.6 Å². The van der Waals surface area contributed by atoms with Crippen LogP contribution in [0, 0.1) is 18.3 Å². The quantitative estimate of drug-likeness (QED) is 0.787. The molecular formula is C15H28ClN3O. The van der Waals surface area contributed by atoms with Crippen LogP contribution in [0.3, 0.4) is 0 Å². The Morgan fingerprint density at radius 1 is 1.40 bits per heavy atom. The summed E-state index contributed by atoms with van der Waals surface area (Å²) in [6.45, 7) is 11.3. The van der Waals surface area contributed by atoms with Gasteiger partial charge in [-0.2, -0.15) is 5.10 Å². The summed E-state index contributed by atoms with van der Waals surface area (Å²) in [6, 6.07) is 0. The molecule has 0 radical (unpaired) electrons. The topological polar surface area (TPSA) is 39.1 Å². The van der Waals surface area contributed by atoms with E-state index < -0.39 is 0 Å². The molecule has 1 aromatic rings. The van der Waals surface area contributed by atoms with E-state index in [1.165, 1.54) is 0 Å². The van der Waals surface area contributed by atoms with Crippen LogP contribution in [-0.2, 0) is 18.2 Å². The van der Waals surface area contributed by atoms with E-state index in [1.54, 1.807) is 7.11 Å². The summed E-state index contributed by atoms with van der Waals surface area (Å²) in [5.41, 5.74) is 2.24. The molecule has 0 aliphatic carbocycles. The van der Waals surface area contributed by atoms with Gasteiger partial charge in [-0.15, -0.1) is 0 Å². The maximum atomic E-state index is 6.37. The SMILES string of the molecule is COCCNCC(Cc1c(Cl)c(C)nn1C)C(C)(C)C. The van der Waals surface area contributed by atoms with E-state index >= 15 is 0 Å². The van der Waals surface area contributed by atoms with Crippen molar-refractivity contribution in [1.29, 1.82) is 0 Å². The van der Waals surface area contributed by atoms with Gasteiger partial charge in [-0.25, -0.2) is 0 Å². The van der Waals surface area contributed by atoms with Gasteiger partial charge in [0.25, 0.3) is 0 Å². The first-order chi connectivity index (χ1) is 9.27. The van der Waals surface area contributed by atoms with Crippen LogP contribution >= 0.6 is 11.6 Å². The second-order valence-corrected chi connectivity index (χ2v) is 6.81. The van der Waals surface area contributed by atoms with Gasteiger partial charge in [0.1, 0.15) is 0 Å². The first-order valence-corrected chi connectivity index (χ1v) is 7.52. The highest BCUT2D eigenvalue weighted by molar-refractivity contribution is 6.31. The molecular weight excluding hydrogens is 274 g/mol. The highest BCUT2D eigenvalue weighted by atomic mass is 35.5. The minimum Gasteiger partial charge on any atom is -0.383 e. The van der Waals surface area contributed by atoms with Gasteiger partial charge in [-0.05, 0) is 31.2 Å². The highest BCUT2D eigenvalue weighted by Crippen LogP contribution is 2.31. The van der Waals surface area contributed by atoms with Crippen LogP contribution in [0.15, 0.2) is 0 Å². The molecule has 0 spiro atoms. The fourth-order valence-electron chi connectivity index (χ4n) is 2.27. The Kier molecular flexibility index (Phi) is 6.49. The lowest BCUT2D eigenvalue weighted by Crippen LogP contribution is -2.35.